The number of rotatable bonds is 8. The van der Waals surface area contributed by atoms with Gasteiger partial charge in [0.2, 0.25) is 5.91 Å². The number of nitrogens with one attached hydrogen (secondary N) is 3. The zero-order valence-corrected chi connectivity index (χ0v) is 23.9. The summed E-state index contributed by atoms with van der Waals surface area (Å²) < 4.78 is 45.3. The maximum Gasteiger partial charge on any atom is 0.416 e. The van der Waals surface area contributed by atoms with E-state index >= 15 is 0 Å². The zero-order valence-electron chi connectivity index (χ0n) is 22.3. The average Bonchev–Trinajstić information content (AvgIpc) is 3.47. The van der Waals surface area contributed by atoms with Crippen LogP contribution in [0.4, 0.5) is 30.2 Å². The fourth-order valence-electron chi connectivity index (χ4n) is 4.28. The Hall–Kier alpha value is -4.74. The van der Waals surface area contributed by atoms with E-state index in [1.54, 1.807) is 13.0 Å². The first kappa shape index (κ1) is 31.2. The normalized spacial score (nSPS) is 15.0. The van der Waals surface area contributed by atoms with Crippen molar-refractivity contribution in [3.8, 4) is 6.07 Å². The van der Waals surface area contributed by atoms with Crippen LogP contribution in [-0.4, -0.2) is 22.5 Å². The molecule has 2 heterocycles. The molecule has 0 saturated heterocycles. The fourth-order valence-corrected chi connectivity index (χ4v) is 5.34. The molecule has 3 N–H and O–H groups in total. The molecule has 1 aromatic heterocycles. The summed E-state index contributed by atoms with van der Waals surface area (Å²) in [7, 11) is 0. The van der Waals surface area contributed by atoms with E-state index in [4.69, 9.17) is 16.0 Å². The van der Waals surface area contributed by atoms with Crippen LogP contribution in [0.15, 0.2) is 81.1 Å². The van der Waals surface area contributed by atoms with E-state index in [-0.39, 0.29) is 49.8 Å². The molecule has 43 heavy (non-hydrogen) atoms. The molecular weight excluding hydrogens is 611 g/mol. The number of alkyl halides is 3. The number of aryl methyl sites for hydroxylation is 1. The van der Waals surface area contributed by atoms with Crippen molar-refractivity contribution in [3.63, 3.8) is 0 Å². The highest BCUT2D eigenvalue weighted by atomic mass is 35.5. The molecule has 3 aromatic rings. The summed E-state index contributed by atoms with van der Waals surface area (Å²) in [6.07, 6.45) is -3.33. The summed E-state index contributed by atoms with van der Waals surface area (Å²) in [5.74, 6) is -2.32. The SMILES string of the molecule is CC1=C(C(=O)Nc2cc(C(F)(F)F)ccc2Cl)[C@H](c2ccco2)C(C#N)=C(SCC(=O)Nc2ccc([N+](=O)[O-])cc2C)N1. The molecule has 15 heteroatoms. The zero-order chi connectivity index (χ0) is 31.5. The molecule has 1 atom stereocenters. The molecule has 0 radical (unpaired) electrons. The number of non-ortho nitro benzene ring substituents is 1. The molecule has 1 aliphatic heterocycles. The minimum atomic E-state index is -4.67. The number of furan rings is 1. The monoisotopic (exact) mass is 631 g/mol. The second-order valence-electron chi connectivity index (χ2n) is 9.21. The number of benzene rings is 2. The van der Waals surface area contributed by atoms with Gasteiger partial charge in [0, 0.05) is 23.5 Å². The van der Waals surface area contributed by atoms with Gasteiger partial charge in [-0.15, -0.1) is 0 Å². The second-order valence-corrected chi connectivity index (χ2v) is 10.6. The van der Waals surface area contributed by atoms with E-state index in [2.05, 4.69) is 22.0 Å². The molecule has 0 spiro atoms. The average molecular weight is 632 g/mol. The molecule has 4 rings (SSSR count). The third kappa shape index (κ3) is 7.02. The van der Waals surface area contributed by atoms with Crippen LogP contribution in [0.1, 0.15) is 29.7 Å². The molecule has 1 aliphatic rings. The van der Waals surface area contributed by atoms with Crippen LogP contribution in [-0.2, 0) is 15.8 Å². The number of hydrogen-bond donors (Lipinski definition) is 3. The maximum absolute atomic E-state index is 13.5. The lowest BCUT2D eigenvalue weighted by Crippen LogP contribution is -2.31. The van der Waals surface area contributed by atoms with Crippen molar-refractivity contribution in [2.75, 3.05) is 16.4 Å². The lowest BCUT2D eigenvalue weighted by molar-refractivity contribution is -0.384. The Labute approximate surface area is 251 Å². The molecule has 0 unspecified atom stereocenters. The van der Waals surface area contributed by atoms with Gasteiger partial charge in [-0.25, -0.2) is 0 Å². The Morgan fingerprint density at radius 2 is 1.91 bits per heavy atom. The topological polar surface area (TPSA) is 150 Å². The largest absolute Gasteiger partial charge is 0.468 e. The Bertz CT molecular complexity index is 1710. The van der Waals surface area contributed by atoms with Crippen LogP contribution in [0, 0.1) is 28.4 Å². The summed E-state index contributed by atoms with van der Waals surface area (Å²) in [5.41, 5.74) is -0.272. The Kier molecular flexibility index (Phi) is 9.17. The highest BCUT2D eigenvalue weighted by Crippen LogP contribution is 2.42. The number of carbonyl (C=O) groups is 2. The quantitative estimate of drug-likeness (QED) is 0.180. The standard InChI is InChI=1S/C28H21ClF3N5O5S/c1-14-10-17(37(40)41)6-8-20(14)35-23(38)13-43-27-18(12-33)25(22-4-3-9-42-22)24(15(2)34-27)26(39)36-21-11-16(28(30,31)32)5-7-19(21)29/h3-11,25,34H,13H2,1-2H3,(H,35,38)(H,36,39)/t25-/m0/s1. The number of carbonyl (C=O) groups excluding carboxylic acids is 2. The summed E-state index contributed by atoms with van der Waals surface area (Å²) >= 11 is 7.05. The van der Waals surface area contributed by atoms with Crippen LogP contribution in [0.2, 0.25) is 5.02 Å². The minimum absolute atomic E-state index is 0.00437. The smallest absolute Gasteiger partial charge is 0.416 e. The third-order valence-corrected chi connectivity index (χ3v) is 7.65. The second kappa shape index (κ2) is 12.6. The van der Waals surface area contributed by atoms with Crippen LogP contribution in [0.25, 0.3) is 0 Å². The predicted molar refractivity (Wildman–Crippen MR) is 154 cm³/mol. The van der Waals surface area contributed by atoms with Gasteiger partial charge in [-0.2, -0.15) is 18.4 Å². The summed E-state index contributed by atoms with van der Waals surface area (Å²) in [4.78, 5) is 36.7. The molecule has 0 aliphatic carbocycles. The van der Waals surface area contributed by atoms with Gasteiger partial charge in [0.25, 0.3) is 11.6 Å². The van der Waals surface area contributed by atoms with E-state index in [9.17, 15) is 38.1 Å². The van der Waals surface area contributed by atoms with Crippen LogP contribution >= 0.6 is 23.4 Å². The van der Waals surface area contributed by atoms with Gasteiger partial charge in [0.05, 0.1) is 61.4 Å². The van der Waals surface area contributed by atoms with Crippen LogP contribution in [0.3, 0.4) is 0 Å². The number of nitrogens with zero attached hydrogens (tertiary/aromatic N) is 2. The van der Waals surface area contributed by atoms with E-state index in [0.717, 1.165) is 23.9 Å². The Morgan fingerprint density at radius 3 is 2.51 bits per heavy atom. The third-order valence-electron chi connectivity index (χ3n) is 6.30. The molecular formula is C28H21ClF3N5O5S. The van der Waals surface area contributed by atoms with E-state index in [0.29, 0.717) is 17.3 Å². The number of halogens is 4. The highest BCUT2D eigenvalue weighted by molar-refractivity contribution is 8.03. The van der Waals surface area contributed by atoms with E-state index in [1.165, 1.54) is 37.5 Å². The van der Waals surface area contributed by atoms with Gasteiger partial charge in [-0.3, -0.25) is 19.7 Å². The fraction of sp³-hybridized carbons (Fsp3) is 0.179. The van der Waals surface area contributed by atoms with Crippen molar-refractivity contribution >= 4 is 52.2 Å². The number of nitro groups is 1. The number of dihydropyridines is 1. The molecule has 2 amide bonds. The number of amides is 2. The van der Waals surface area contributed by atoms with Gasteiger partial charge in [-0.1, -0.05) is 23.4 Å². The van der Waals surface area contributed by atoms with Gasteiger partial charge >= 0.3 is 6.18 Å². The van der Waals surface area contributed by atoms with Crippen molar-refractivity contribution in [1.82, 2.24) is 5.32 Å². The number of nitriles is 1. The number of hydrogen-bond acceptors (Lipinski definition) is 8. The lowest BCUT2D eigenvalue weighted by atomic mass is 9.85. The van der Waals surface area contributed by atoms with Crippen LogP contribution < -0.4 is 16.0 Å². The minimum Gasteiger partial charge on any atom is -0.468 e. The van der Waals surface area contributed by atoms with Gasteiger partial charge in [-0.05, 0) is 55.8 Å². The molecule has 2 aromatic carbocycles. The number of thioether (sulfide) groups is 1. The molecule has 222 valence electrons. The van der Waals surface area contributed by atoms with Crippen molar-refractivity contribution in [1.29, 1.82) is 5.26 Å². The first-order valence-corrected chi connectivity index (χ1v) is 13.7. The molecule has 0 saturated carbocycles. The van der Waals surface area contributed by atoms with Gasteiger partial charge < -0.3 is 20.4 Å². The molecule has 10 nitrogen and oxygen atoms in total. The Balaban J connectivity index is 1.59. The number of anilines is 2. The predicted octanol–water partition coefficient (Wildman–Crippen LogP) is 6.88. The van der Waals surface area contributed by atoms with Crippen molar-refractivity contribution < 1.29 is 32.1 Å². The summed E-state index contributed by atoms with van der Waals surface area (Å²) in [6, 6.07) is 11.7. The first-order chi connectivity index (χ1) is 20.3. The summed E-state index contributed by atoms with van der Waals surface area (Å²) in [5, 5.41) is 29.3. The van der Waals surface area contributed by atoms with E-state index < -0.39 is 34.4 Å². The highest BCUT2D eigenvalue weighted by Gasteiger charge is 2.37. The van der Waals surface area contributed by atoms with Gasteiger partial charge in [0.1, 0.15) is 5.76 Å². The van der Waals surface area contributed by atoms with Crippen molar-refractivity contribution in [2.45, 2.75) is 25.9 Å². The molecule has 0 bridgehead atoms. The van der Waals surface area contributed by atoms with Gasteiger partial charge in [0.15, 0.2) is 0 Å². The van der Waals surface area contributed by atoms with Crippen molar-refractivity contribution in [3.05, 3.63) is 109 Å². The lowest BCUT2D eigenvalue weighted by Gasteiger charge is -2.28. The number of nitro benzene ring substituents is 1. The first-order valence-electron chi connectivity index (χ1n) is 12.3. The Morgan fingerprint density at radius 1 is 1.16 bits per heavy atom. The molecule has 0 fully saturated rings. The van der Waals surface area contributed by atoms with Crippen LogP contribution in [0.5, 0.6) is 0 Å². The number of allylic oxidation sites excluding steroid dienone is 2. The summed E-state index contributed by atoms with van der Waals surface area (Å²) in [6.45, 7) is 3.14. The van der Waals surface area contributed by atoms with Crippen molar-refractivity contribution in [2.24, 2.45) is 0 Å². The maximum atomic E-state index is 13.5. The van der Waals surface area contributed by atoms with E-state index in [1.807, 2.05) is 0 Å².